The molecule has 3 aromatic rings. The van der Waals surface area contributed by atoms with E-state index < -0.39 is 5.91 Å². The van der Waals surface area contributed by atoms with Crippen LogP contribution in [0.2, 0.25) is 0 Å². The molecule has 1 aromatic heterocycles. The predicted molar refractivity (Wildman–Crippen MR) is 108 cm³/mol. The van der Waals surface area contributed by atoms with Gasteiger partial charge in [-0.2, -0.15) is 0 Å². The third-order valence-corrected chi connectivity index (χ3v) is 5.12. The summed E-state index contributed by atoms with van der Waals surface area (Å²) in [5.41, 5.74) is 9.47. The minimum absolute atomic E-state index is 0.368. The van der Waals surface area contributed by atoms with E-state index in [9.17, 15) is 4.79 Å². The van der Waals surface area contributed by atoms with Gasteiger partial charge in [-0.15, -0.1) is 0 Å². The Morgan fingerprint density at radius 1 is 1.11 bits per heavy atom. The van der Waals surface area contributed by atoms with Crippen LogP contribution < -0.4 is 15.8 Å². The number of hydrogen-bond acceptors (Lipinski definition) is 4. The fourth-order valence-corrected chi connectivity index (χ4v) is 3.58. The maximum absolute atomic E-state index is 11.2. The van der Waals surface area contributed by atoms with Gasteiger partial charge in [0.25, 0.3) is 0 Å². The second kappa shape index (κ2) is 8.23. The molecule has 0 spiro atoms. The summed E-state index contributed by atoms with van der Waals surface area (Å²) in [6, 6.07) is 20.3. The first-order valence-corrected chi connectivity index (χ1v) is 9.51. The molecule has 0 saturated heterocycles. The molecule has 1 aliphatic rings. The van der Waals surface area contributed by atoms with E-state index in [2.05, 4.69) is 40.6 Å². The number of nitrogens with two attached hydrogens (primary N) is 1. The van der Waals surface area contributed by atoms with Crippen molar-refractivity contribution in [2.45, 2.75) is 31.8 Å². The Labute approximate surface area is 164 Å². The maximum atomic E-state index is 11.2. The number of amides is 1. The first kappa shape index (κ1) is 18.2. The lowest BCUT2D eigenvalue weighted by atomic mass is 9.87. The molecule has 0 bridgehead atoms. The Morgan fingerprint density at radius 2 is 1.96 bits per heavy atom. The number of fused-ring (bicyclic) bond motifs is 1. The summed E-state index contributed by atoms with van der Waals surface area (Å²) in [6.07, 6.45) is 4.48. The van der Waals surface area contributed by atoms with Gasteiger partial charge in [-0.1, -0.05) is 42.5 Å². The van der Waals surface area contributed by atoms with Crippen molar-refractivity contribution in [1.29, 1.82) is 0 Å². The number of nitrogens with one attached hydrogen (secondary N) is 1. The van der Waals surface area contributed by atoms with E-state index in [1.54, 1.807) is 12.1 Å². The second-order valence-corrected chi connectivity index (χ2v) is 7.05. The number of hydrogen-bond donors (Lipinski definition) is 2. The average molecular weight is 373 g/mol. The van der Waals surface area contributed by atoms with Crippen LogP contribution in [0.3, 0.4) is 0 Å². The van der Waals surface area contributed by atoms with Gasteiger partial charge < -0.3 is 15.8 Å². The van der Waals surface area contributed by atoms with Crippen LogP contribution in [0, 0.1) is 0 Å². The van der Waals surface area contributed by atoms with Crippen molar-refractivity contribution in [1.82, 2.24) is 10.3 Å². The number of nitrogens with zero attached hydrogens (tertiary/aromatic N) is 1. The third-order valence-electron chi connectivity index (χ3n) is 5.12. The minimum atomic E-state index is -0.497. The van der Waals surface area contributed by atoms with Crippen LogP contribution in [0.5, 0.6) is 11.6 Å². The van der Waals surface area contributed by atoms with Crippen molar-refractivity contribution < 1.29 is 9.53 Å². The van der Waals surface area contributed by atoms with Crippen LogP contribution in [0.25, 0.3) is 0 Å². The highest BCUT2D eigenvalue weighted by Crippen LogP contribution is 2.32. The Balaban J connectivity index is 1.47. The minimum Gasteiger partial charge on any atom is -0.439 e. The Morgan fingerprint density at radius 3 is 2.71 bits per heavy atom. The number of aromatic nitrogens is 1. The molecule has 28 heavy (non-hydrogen) atoms. The lowest BCUT2D eigenvalue weighted by Gasteiger charge is -2.27. The highest BCUT2D eigenvalue weighted by Gasteiger charge is 2.22. The maximum Gasteiger partial charge on any atom is 0.250 e. The molecule has 1 unspecified atom stereocenters. The molecule has 5 heteroatoms. The van der Waals surface area contributed by atoms with E-state index in [1.807, 2.05) is 18.2 Å². The number of benzene rings is 2. The quantitative estimate of drug-likeness (QED) is 0.692. The first-order chi connectivity index (χ1) is 13.7. The molecular formula is C23H23N3O2. The van der Waals surface area contributed by atoms with Gasteiger partial charge in [-0.25, -0.2) is 4.98 Å². The molecule has 142 valence electrons. The van der Waals surface area contributed by atoms with E-state index in [0.717, 1.165) is 31.6 Å². The molecule has 1 heterocycles. The van der Waals surface area contributed by atoms with Gasteiger partial charge >= 0.3 is 0 Å². The second-order valence-electron chi connectivity index (χ2n) is 7.05. The Hall–Kier alpha value is -3.18. The van der Waals surface area contributed by atoms with Gasteiger partial charge in [-0.3, -0.25) is 4.79 Å². The summed E-state index contributed by atoms with van der Waals surface area (Å²) in [7, 11) is 0. The van der Waals surface area contributed by atoms with Crippen molar-refractivity contribution in [3.63, 3.8) is 0 Å². The Kier molecular flexibility index (Phi) is 5.35. The SMILES string of the molecule is NC(=O)c1ccc(Oc2cccc3c2CC(NCc2ccccc2)CC3)nc1. The number of primary amides is 1. The molecule has 0 radical (unpaired) electrons. The van der Waals surface area contributed by atoms with E-state index in [-0.39, 0.29) is 0 Å². The largest absolute Gasteiger partial charge is 0.439 e. The number of carbonyl (C=O) groups excluding carboxylic acids is 1. The van der Waals surface area contributed by atoms with E-state index in [0.29, 0.717) is 17.5 Å². The molecule has 0 fully saturated rings. The zero-order valence-electron chi connectivity index (χ0n) is 15.6. The molecule has 1 aliphatic carbocycles. The third kappa shape index (κ3) is 4.21. The lowest BCUT2D eigenvalue weighted by Crippen LogP contribution is -2.34. The fourth-order valence-electron chi connectivity index (χ4n) is 3.58. The molecule has 0 saturated carbocycles. The standard InChI is InChI=1S/C23H23N3O2/c24-23(27)18-10-12-22(26-15-18)28-21-8-4-7-17-9-11-19(13-20(17)21)25-14-16-5-2-1-3-6-16/h1-8,10,12,15,19,25H,9,11,13-14H2,(H2,24,27). The number of aryl methyl sites for hydroxylation is 1. The van der Waals surface area contributed by atoms with Crippen LogP contribution in [-0.2, 0) is 19.4 Å². The predicted octanol–water partition coefficient (Wildman–Crippen LogP) is 3.62. The summed E-state index contributed by atoms with van der Waals surface area (Å²) in [5, 5.41) is 3.67. The number of pyridine rings is 1. The van der Waals surface area contributed by atoms with Gasteiger partial charge in [0.2, 0.25) is 11.8 Å². The first-order valence-electron chi connectivity index (χ1n) is 9.51. The lowest BCUT2D eigenvalue weighted by molar-refractivity contribution is 0.1000. The molecule has 2 aromatic carbocycles. The normalized spacial score (nSPS) is 15.6. The zero-order chi connectivity index (χ0) is 19.3. The summed E-state index contributed by atoms with van der Waals surface area (Å²) < 4.78 is 6.03. The van der Waals surface area contributed by atoms with E-state index in [4.69, 9.17) is 10.5 Å². The number of carbonyl (C=O) groups is 1. The summed E-state index contributed by atoms with van der Waals surface area (Å²) in [4.78, 5) is 15.4. The molecule has 0 aliphatic heterocycles. The van der Waals surface area contributed by atoms with Gasteiger partial charge in [-0.05, 0) is 48.1 Å². The highest BCUT2D eigenvalue weighted by molar-refractivity contribution is 5.92. The van der Waals surface area contributed by atoms with Crippen molar-refractivity contribution in [3.8, 4) is 11.6 Å². The van der Waals surface area contributed by atoms with Gasteiger partial charge in [0, 0.05) is 24.8 Å². The highest BCUT2D eigenvalue weighted by atomic mass is 16.5. The summed E-state index contributed by atoms with van der Waals surface area (Å²) >= 11 is 0. The van der Waals surface area contributed by atoms with Crippen LogP contribution in [0.4, 0.5) is 0 Å². The summed E-state index contributed by atoms with van der Waals surface area (Å²) in [6.45, 7) is 0.861. The van der Waals surface area contributed by atoms with Crippen molar-refractivity contribution in [2.24, 2.45) is 5.73 Å². The monoisotopic (exact) mass is 373 g/mol. The smallest absolute Gasteiger partial charge is 0.250 e. The summed E-state index contributed by atoms with van der Waals surface area (Å²) in [5.74, 6) is 0.782. The molecule has 3 N–H and O–H groups in total. The van der Waals surface area contributed by atoms with E-state index >= 15 is 0 Å². The zero-order valence-corrected chi connectivity index (χ0v) is 15.6. The topological polar surface area (TPSA) is 77.2 Å². The molecule has 5 nitrogen and oxygen atoms in total. The fraction of sp³-hybridized carbons (Fsp3) is 0.217. The molecule has 1 amide bonds. The van der Waals surface area contributed by atoms with Gasteiger partial charge in [0.15, 0.2) is 0 Å². The molecule has 4 rings (SSSR count). The van der Waals surface area contributed by atoms with Crippen LogP contribution in [0.15, 0.2) is 66.9 Å². The van der Waals surface area contributed by atoms with Crippen LogP contribution in [0.1, 0.15) is 33.5 Å². The number of rotatable bonds is 6. The molecular weight excluding hydrogens is 350 g/mol. The van der Waals surface area contributed by atoms with Crippen molar-refractivity contribution in [3.05, 3.63) is 89.1 Å². The van der Waals surface area contributed by atoms with Crippen molar-refractivity contribution >= 4 is 5.91 Å². The average Bonchev–Trinajstić information content (AvgIpc) is 2.74. The number of ether oxygens (including phenoxy) is 1. The van der Waals surface area contributed by atoms with Crippen LogP contribution >= 0.6 is 0 Å². The van der Waals surface area contributed by atoms with Crippen molar-refractivity contribution in [2.75, 3.05) is 0 Å². The molecule has 1 atom stereocenters. The van der Waals surface area contributed by atoms with Gasteiger partial charge in [0.1, 0.15) is 5.75 Å². The van der Waals surface area contributed by atoms with E-state index in [1.165, 1.54) is 22.9 Å². The van der Waals surface area contributed by atoms with Crippen LogP contribution in [-0.4, -0.2) is 16.9 Å². The van der Waals surface area contributed by atoms with Gasteiger partial charge in [0.05, 0.1) is 5.56 Å². The Bertz CT molecular complexity index is 955.